The molecule has 1 heterocycles. The summed E-state index contributed by atoms with van der Waals surface area (Å²) in [7, 11) is 0. The van der Waals surface area contributed by atoms with Gasteiger partial charge in [0.05, 0.1) is 12.3 Å². The molecule has 0 unspecified atom stereocenters. The van der Waals surface area contributed by atoms with E-state index in [9.17, 15) is 18.4 Å². The van der Waals surface area contributed by atoms with Gasteiger partial charge in [0.1, 0.15) is 10.7 Å². The van der Waals surface area contributed by atoms with E-state index in [4.69, 9.17) is 11.6 Å². The van der Waals surface area contributed by atoms with Gasteiger partial charge in [0.15, 0.2) is 0 Å². The van der Waals surface area contributed by atoms with E-state index in [0.717, 1.165) is 0 Å². The fourth-order valence-corrected chi connectivity index (χ4v) is 1.20. The van der Waals surface area contributed by atoms with E-state index in [1.807, 2.05) is 0 Å². The normalized spacial score (nSPS) is 10.6. The predicted octanol–water partition coefficient (Wildman–Crippen LogP) is 2.14. The summed E-state index contributed by atoms with van der Waals surface area (Å²) in [4.78, 5) is 24.5. The van der Waals surface area contributed by atoms with Gasteiger partial charge in [0.2, 0.25) is 5.43 Å². The van der Waals surface area contributed by atoms with Crippen molar-refractivity contribution in [2.45, 2.75) is 13.3 Å². The average Bonchev–Trinajstić information content (AvgIpc) is 2.21. The lowest BCUT2D eigenvalue weighted by Crippen LogP contribution is -2.16. The van der Waals surface area contributed by atoms with Gasteiger partial charge in [0.25, 0.3) is 6.43 Å². The molecule has 88 valence electrons. The maximum absolute atomic E-state index is 12.3. The summed E-state index contributed by atoms with van der Waals surface area (Å²) in [6, 6.07) is 0.649. The molecule has 0 aliphatic carbocycles. The zero-order chi connectivity index (χ0) is 12.3. The molecule has 0 fully saturated rings. The van der Waals surface area contributed by atoms with Crippen LogP contribution in [0.2, 0.25) is 5.02 Å². The van der Waals surface area contributed by atoms with Crippen molar-refractivity contribution in [2.75, 3.05) is 6.61 Å². The molecule has 0 aliphatic rings. The third-order valence-corrected chi connectivity index (χ3v) is 2.08. The zero-order valence-corrected chi connectivity index (χ0v) is 8.98. The second kappa shape index (κ2) is 5.07. The van der Waals surface area contributed by atoms with Crippen molar-refractivity contribution >= 4 is 17.6 Å². The molecular formula is C9H8ClF2NO3. The van der Waals surface area contributed by atoms with Gasteiger partial charge in [-0.1, -0.05) is 11.6 Å². The van der Waals surface area contributed by atoms with Gasteiger partial charge in [-0.3, -0.25) is 4.79 Å². The van der Waals surface area contributed by atoms with Crippen LogP contribution >= 0.6 is 11.6 Å². The third-order valence-electron chi connectivity index (χ3n) is 1.71. The number of pyridine rings is 1. The summed E-state index contributed by atoms with van der Waals surface area (Å²) in [5, 5.41) is -0.456. The fraction of sp³-hybridized carbons (Fsp3) is 0.333. The van der Waals surface area contributed by atoms with Crippen LogP contribution in [0.1, 0.15) is 29.5 Å². The minimum absolute atomic E-state index is 0.0517. The van der Waals surface area contributed by atoms with E-state index < -0.39 is 34.2 Å². The number of halogens is 3. The molecular weight excluding hydrogens is 244 g/mol. The highest BCUT2D eigenvalue weighted by molar-refractivity contribution is 6.33. The quantitative estimate of drug-likeness (QED) is 0.838. The van der Waals surface area contributed by atoms with Crippen LogP contribution in [0.5, 0.6) is 0 Å². The number of hydrogen-bond acceptors (Lipinski definition) is 3. The van der Waals surface area contributed by atoms with Crippen molar-refractivity contribution in [3.63, 3.8) is 0 Å². The Kier molecular flexibility index (Phi) is 4.00. The Bertz CT molecular complexity index is 459. The van der Waals surface area contributed by atoms with Crippen LogP contribution in [-0.2, 0) is 4.74 Å². The highest BCUT2D eigenvalue weighted by Gasteiger charge is 2.19. The summed E-state index contributed by atoms with van der Waals surface area (Å²) < 4.78 is 29.2. The highest BCUT2D eigenvalue weighted by atomic mass is 35.5. The second-order valence-corrected chi connectivity index (χ2v) is 3.18. The number of esters is 1. The van der Waals surface area contributed by atoms with Crippen molar-refractivity contribution in [1.82, 2.24) is 4.98 Å². The summed E-state index contributed by atoms with van der Waals surface area (Å²) in [5.74, 6) is -0.938. The van der Waals surface area contributed by atoms with Crippen LogP contribution < -0.4 is 5.43 Å². The summed E-state index contributed by atoms with van der Waals surface area (Å²) in [5.41, 5.74) is -1.97. The number of aromatic amines is 1. The Morgan fingerprint density at radius 3 is 2.75 bits per heavy atom. The molecule has 0 aliphatic heterocycles. The smallest absolute Gasteiger partial charge is 0.356 e. The molecule has 16 heavy (non-hydrogen) atoms. The van der Waals surface area contributed by atoms with E-state index in [1.165, 1.54) is 0 Å². The molecule has 4 nitrogen and oxygen atoms in total. The maximum Gasteiger partial charge on any atom is 0.356 e. The Hall–Kier alpha value is -1.43. The molecule has 1 N–H and O–H groups in total. The summed E-state index contributed by atoms with van der Waals surface area (Å²) >= 11 is 5.51. The van der Waals surface area contributed by atoms with Gasteiger partial charge in [-0.2, -0.15) is 0 Å². The number of aromatic nitrogens is 1. The van der Waals surface area contributed by atoms with Gasteiger partial charge in [0, 0.05) is 6.07 Å². The van der Waals surface area contributed by atoms with Crippen LogP contribution in [0.3, 0.4) is 0 Å². The van der Waals surface area contributed by atoms with Gasteiger partial charge < -0.3 is 9.72 Å². The SMILES string of the molecule is CCOC(=O)c1[nH]c(C(F)F)cc(=O)c1Cl. The monoisotopic (exact) mass is 251 g/mol. The molecule has 0 atom stereocenters. The van der Waals surface area contributed by atoms with Crippen LogP contribution in [0.15, 0.2) is 10.9 Å². The summed E-state index contributed by atoms with van der Waals surface area (Å²) in [6.45, 7) is 1.59. The van der Waals surface area contributed by atoms with Crippen molar-refractivity contribution < 1.29 is 18.3 Å². The zero-order valence-electron chi connectivity index (χ0n) is 8.22. The van der Waals surface area contributed by atoms with E-state index >= 15 is 0 Å². The first-order valence-electron chi connectivity index (χ1n) is 4.35. The number of rotatable bonds is 3. The molecule has 1 rings (SSSR count). The number of nitrogens with one attached hydrogen (secondary N) is 1. The third kappa shape index (κ3) is 2.57. The van der Waals surface area contributed by atoms with Gasteiger partial charge in [-0.05, 0) is 6.92 Å². The average molecular weight is 252 g/mol. The summed E-state index contributed by atoms with van der Waals surface area (Å²) in [6.07, 6.45) is -2.89. The standard InChI is InChI=1S/C9H8ClF2NO3/c1-2-16-9(15)7-6(10)5(14)3-4(13-7)8(11)12/h3,8H,2H2,1H3,(H,13,14). The molecule has 1 aromatic heterocycles. The van der Waals surface area contributed by atoms with Gasteiger partial charge in [-0.15, -0.1) is 0 Å². The first-order chi connectivity index (χ1) is 7.47. The molecule has 0 radical (unpaired) electrons. The minimum atomic E-state index is -2.89. The molecule has 1 aromatic rings. The lowest BCUT2D eigenvalue weighted by atomic mass is 10.3. The fourth-order valence-electron chi connectivity index (χ4n) is 1.02. The molecule has 0 saturated heterocycles. The van der Waals surface area contributed by atoms with Crippen molar-refractivity contribution in [1.29, 1.82) is 0 Å². The van der Waals surface area contributed by atoms with Gasteiger partial charge >= 0.3 is 5.97 Å². The minimum Gasteiger partial charge on any atom is -0.461 e. The van der Waals surface area contributed by atoms with E-state index in [2.05, 4.69) is 9.72 Å². The Labute approximate surface area is 94.2 Å². The van der Waals surface area contributed by atoms with Crippen molar-refractivity contribution in [3.8, 4) is 0 Å². The number of carbonyl (C=O) groups is 1. The highest BCUT2D eigenvalue weighted by Crippen LogP contribution is 2.18. The molecule has 0 spiro atoms. The Balaban J connectivity index is 3.27. The number of carbonyl (C=O) groups excluding carboxylic acids is 1. The first-order valence-corrected chi connectivity index (χ1v) is 4.73. The second-order valence-electron chi connectivity index (χ2n) is 2.80. The lowest BCUT2D eigenvalue weighted by Gasteiger charge is -2.06. The van der Waals surface area contributed by atoms with E-state index in [1.54, 1.807) is 6.92 Å². The first kappa shape index (κ1) is 12.6. The van der Waals surface area contributed by atoms with Crippen LogP contribution in [-0.4, -0.2) is 17.6 Å². The largest absolute Gasteiger partial charge is 0.461 e. The lowest BCUT2D eigenvalue weighted by molar-refractivity contribution is 0.0518. The predicted molar refractivity (Wildman–Crippen MR) is 53.0 cm³/mol. The maximum atomic E-state index is 12.3. The molecule has 7 heteroatoms. The molecule has 0 saturated carbocycles. The number of alkyl halides is 2. The molecule has 0 aromatic carbocycles. The van der Waals surface area contributed by atoms with Gasteiger partial charge in [-0.25, -0.2) is 13.6 Å². The van der Waals surface area contributed by atoms with Crippen molar-refractivity contribution in [3.05, 3.63) is 32.7 Å². The number of hydrogen-bond donors (Lipinski definition) is 1. The number of ether oxygens (including phenoxy) is 1. The topological polar surface area (TPSA) is 59.2 Å². The van der Waals surface area contributed by atoms with E-state index in [0.29, 0.717) is 6.07 Å². The van der Waals surface area contributed by atoms with Crippen LogP contribution in [0, 0.1) is 0 Å². The van der Waals surface area contributed by atoms with Crippen LogP contribution in [0.25, 0.3) is 0 Å². The van der Waals surface area contributed by atoms with Crippen molar-refractivity contribution in [2.24, 2.45) is 0 Å². The van der Waals surface area contributed by atoms with Crippen LogP contribution in [0.4, 0.5) is 8.78 Å². The Morgan fingerprint density at radius 1 is 1.62 bits per heavy atom. The molecule has 0 bridgehead atoms. The molecule has 0 amide bonds. The van der Waals surface area contributed by atoms with E-state index in [-0.39, 0.29) is 6.61 Å². The number of H-pyrrole nitrogens is 1. The Morgan fingerprint density at radius 2 is 2.25 bits per heavy atom.